The van der Waals surface area contributed by atoms with E-state index in [0.29, 0.717) is 16.1 Å². The van der Waals surface area contributed by atoms with Crippen molar-refractivity contribution in [1.29, 1.82) is 0 Å². The molecule has 1 heterocycles. The molecule has 1 aliphatic rings. The van der Waals surface area contributed by atoms with Crippen molar-refractivity contribution in [2.75, 3.05) is 6.54 Å². The number of rotatable bonds is 3. The van der Waals surface area contributed by atoms with Crippen LogP contribution in [0.2, 0.25) is 0 Å². The molecule has 0 unspecified atom stereocenters. The summed E-state index contributed by atoms with van der Waals surface area (Å²) in [5, 5.41) is 0. The largest absolute Gasteiger partial charge is 0.324 e. The van der Waals surface area contributed by atoms with Crippen LogP contribution in [-0.4, -0.2) is 22.3 Å². The van der Waals surface area contributed by atoms with Crippen molar-refractivity contribution in [3.8, 4) is 0 Å². The lowest BCUT2D eigenvalue weighted by Gasteiger charge is -2.02. The van der Waals surface area contributed by atoms with Crippen molar-refractivity contribution in [3.05, 3.63) is 22.2 Å². The number of hydrogen-bond donors (Lipinski definition) is 1. The molecule has 0 amide bonds. The number of ketones is 1. The van der Waals surface area contributed by atoms with E-state index < -0.39 is 0 Å². The van der Waals surface area contributed by atoms with Gasteiger partial charge in [-0.3, -0.25) is 4.79 Å². The van der Waals surface area contributed by atoms with Gasteiger partial charge in [-0.05, 0) is 28.8 Å². The van der Waals surface area contributed by atoms with Crippen LogP contribution in [0, 0.1) is 0 Å². The number of nitrogens with zero attached hydrogens (tertiary/aromatic N) is 2. The first-order valence-electron chi connectivity index (χ1n) is 4.48. The third-order valence-electron chi connectivity index (χ3n) is 2.15. The molecule has 0 radical (unpaired) electrons. The van der Waals surface area contributed by atoms with Crippen LogP contribution in [0.5, 0.6) is 0 Å². The molecule has 0 saturated heterocycles. The second-order valence-electron chi connectivity index (χ2n) is 3.33. The van der Waals surface area contributed by atoms with Crippen molar-refractivity contribution in [1.82, 2.24) is 9.97 Å². The maximum absolute atomic E-state index is 11.4. The van der Waals surface area contributed by atoms with Crippen LogP contribution in [0.3, 0.4) is 0 Å². The number of halogens is 1. The number of carbonyl (C=O) groups excluding carboxylic acids is 1. The Morgan fingerprint density at radius 3 is 2.93 bits per heavy atom. The zero-order valence-corrected chi connectivity index (χ0v) is 9.12. The lowest BCUT2D eigenvalue weighted by atomic mass is 10.2. The van der Waals surface area contributed by atoms with Crippen LogP contribution in [0.15, 0.2) is 10.7 Å². The predicted octanol–water partition coefficient (Wildman–Crippen LogP) is 1.26. The first-order chi connectivity index (χ1) is 6.72. The molecule has 1 aromatic rings. The molecule has 5 heteroatoms. The molecule has 2 rings (SSSR count). The monoisotopic (exact) mass is 255 g/mol. The van der Waals surface area contributed by atoms with Crippen LogP contribution in [0.25, 0.3) is 0 Å². The summed E-state index contributed by atoms with van der Waals surface area (Å²) in [5.74, 6) is 1.07. The fraction of sp³-hybridized carbons (Fsp3) is 0.444. The van der Waals surface area contributed by atoms with E-state index >= 15 is 0 Å². The summed E-state index contributed by atoms with van der Waals surface area (Å²) in [6, 6.07) is 0. The van der Waals surface area contributed by atoms with Gasteiger partial charge in [0.2, 0.25) is 0 Å². The van der Waals surface area contributed by atoms with Gasteiger partial charge in [0.15, 0.2) is 5.78 Å². The summed E-state index contributed by atoms with van der Waals surface area (Å²) in [5.41, 5.74) is 5.69. The first kappa shape index (κ1) is 9.73. The molecular formula is C9H10BrN3O. The zero-order chi connectivity index (χ0) is 10.1. The lowest BCUT2D eigenvalue weighted by molar-refractivity contribution is 0.0995. The summed E-state index contributed by atoms with van der Waals surface area (Å²) in [6.45, 7) is -0.0142. The molecule has 0 aromatic carbocycles. The number of Topliss-reactive ketones (excluding diaryl/α,β-unsaturated/α-hetero) is 1. The molecule has 0 bridgehead atoms. The number of aromatic nitrogens is 2. The highest BCUT2D eigenvalue weighted by Crippen LogP contribution is 2.38. The molecule has 1 fully saturated rings. The van der Waals surface area contributed by atoms with E-state index in [0.717, 1.165) is 18.7 Å². The minimum Gasteiger partial charge on any atom is -0.324 e. The summed E-state index contributed by atoms with van der Waals surface area (Å²) in [7, 11) is 0. The number of carbonyl (C=O) groups is 1. The summed E-state index contributed by atoms with van der Waals surface area (Å²) in [6.07, 6.45) is 3.87. The maximum Gasteiger partial charge on any atom is 0.195 e. The molecular weight excluding hydrogens is 246 g/mol. The van der Waals surface area contributed by atoms with Gasteiger partial charge in [-0.1, -0.05) is 0 Å². The van der Waals surface area contributed by atoms with Crippen LogP contribution >= 0.6 is 15.9 Å². The van der Waals surface area contributed by atoms with Gasteiger partial charge in [0.25, 0.3) is 0 Å². The van der Waals surface area contributed by atoms with Crippen LogP contribution in [-0.2, 0) is 0 Å². The maximum atomic E-state index is 11.4. The van der Waals surface area contributed by atoms with Gasteiger partial charge in [0.1, 0.15) is 11.5 Å². The van der Waals surface area contributed by atoms with E-state index in [9.17, 15) is 4.79 Å². The molecule has 0 spiro atoms. The Labute approximate surface area is 90.1 Å². The molecule has 0 atom stereocenters. The van der Waals surface area contributed by atoms with Crippen LogP contribution in [0.1, 0.15) is 35.1 Å². The second-order valence-corrected chi connectivity index (χ2v) is 4.18. The molecule has 2 N–H and O–H groups in total. The Bertz CT molecular complexity index is 376. The van der Waals surface area contributed by atoms with Gasteiger partial charge in [0.05, 0.1) is 11.0 Å². The molecule has 14 heavy (non-hydrogen) atoms. The molecule has 4 nitrogen and oxygen atoms in total. The van der Waals surface area contributed by atoms with Gasteiger partial charge >= 0.3 is 0 Å². The number of hydrogen-bond acceptors (Lipinski definition) is 4. The highest BCUT2D eigenvalue weighted by atomic mass is 79.9. The first-order valence-corrected chi connectivity index (χ1v) is 5.27. The average Bonchev–Trinajstić information content (AvgIpc) is 3.01. The SMILES string of the molecule is NCC(=O)c1nc(C2CC2)ncc1Br. The Hall–Kier alpha value is -0.810. The van der Waals surface area contributed by atoms with Crippen molar-refractivity contribution < 1.29 is 4.79 Å². The Morgan fingerprint density at radius 1 is 1.64 bits per heavy atom. The second kappa shape index (κ2) is 3.74. The molecule has 1 saturated carbocycles. The summed E-state index contributed by atoms with van der Waals surface area (Å²) < 4.78 is 0.623. The van der Waals surface area contributed by atoms with Crippen molar-refractivity contribution >= 4 is 21.7 Å². The minimum absolute atomic E-state index is 0.0142. The standard InChI is InChI=1S/C9H10BrN3O/c10-6-4-12-9(5-1-2-5)13-8(6)7(14)3-11/h4-5H,1-3,11H2. The molecule has 74 valence electrons. The molecule has 1 aromatic heterocycles. The van der Waals surface area contributed by atoms with Gasteiger partial charge in [-0.15, -0.1) is 0 Å². The van der Waals surface area contributed by atoms with E-state index in [4.69, 9.17) is 5.73 Å². The Kier molecular flexibility index (Phi) is 2.60. The van der Waals surface area contributed by atoms with Gasteiger partial charge in [-0.2, -0.15) is 0 Å². The van der Waals surface area contributed by atoms with E-state index in [1.807, 2.05) is 0 Å². The van der Waals surface area contributed by atoms with Gasteiger partial charge in [-0.25, -0.2) is 9.97 Å². The minimum atomic E-state index is -0.152. The van der Waals surface area contributed by atoms with E-state index in [-0.39, 0.29) is 12.3 Å². The van der Waals surface area contributed by atoms with Crippen LogP contribution < -0.4 is 5.73 Å². The topological polar surface area (TPSA) is 68.9 Å². The smallest absolute Gasteiger partial charge is 0.195 e. The quantitative estimate of drug-likeness (QED) is 0.826. The third kappa shape index (κ3) is 1.83. The third-order valence-corrected chi connectivity index (χ3v) is 2.74. The van der Waals surface area contributed by atoms with Crippen molar-refractivity contribution in [3.63, 3.8) is 0 Å². The molecule has 1 aliphatic carbocycles. The summed E-state index contributed by atoms with van der Waals surface area (Å²) >= 11 is 3.24. The van der Waals surface area contributed by atoms with E-state index in [1.165, 1.54) is 0 Å². The lowest BCUT2D eigenvalue weighted by Crippen LogP contribution is -2.16. The predicted molar refractivity (Wildman–Crippen MR) is 55.1 cm³/mol. The Balaban J connectivity index is 2.36. The average molecular weight is 256 g/mol. The highest BCUT2D eigenvalue weighted by Gasteiger charge is 2.27. The fourth-order valence-corrected chi connectivity index (χ4v) is 1.62. The van der Waals surface area contributed by atoms with Gasteiger partial charge < -0.3 is 5.73 Å². The van der Waals surface area contributed by atoms with Gasteiger partial charge in [0, 0.05) is 12.1 Å². The normalized spacial score (nSPS) is 15.6. The van der Waals surface area contributed by atoms with Crippen molar-refractivity contribution in [2.45, 2.75) is 18.8 Å². The highest BCUT2D eigenvalue weighted by molar-refractivity contribution is 9.10. The Morgan fingerprint density at radius 2 is 2.36 bits per heavy atom. The summed E-state index contributed by atoms with van der Waals surface area (Å²) in [4.78, 5) is 19.8. The van der Waals surface area contributed by atoms with Crippen LogP contribution in [0.4, 0.5) is 0 Å². The zero-order valence-electron chi connectivity index (χ0n) is 7.53. The van der Waals surface area contributed by atoms with E-state index in [2.05, 4.69) is 25.9 Å². The van der Waals surface area contributed by atoms with E-state index in [1.54, 1.807) is 6.20 Å². The number of nitrogens with two attached hydrogens (primary N) is 1. The van der Waals surface area contributed by atoms with Crippen molar-refractivity contribution in [2.24, 2.45) is 5.73 Å². The molecule has 0 aliphatic heterocycles. The fourth-order valence-electron chi connectivity index (χ4n) is 1.21.